The molecule has 58 heavy (non-hydrogen) atoms. The summed E-state index contributed by atoms with van der Waals surface area (Å²) in [6.45, 7) is 1.65. The van der Waals surface area contributed by atoms with Gasteiger partial charge in [-0.25, -0.2) is 20.2 Å². The number of nitrogens with zero attached hydrogens (tertiary/aromatic N) is 4. The number of anilines is 1. The molecule has 2 unspecified atom stereocenters. The number of ether oxygens (including phenoxy) is 2. The second kappa shape index (κ2) is 18.0. The first kappa shape index (κ1) is 40.1. The summed E-state index contributed by atoms with van der Waals surface area (Å²) in [6.07, 6.45) is 2.14. The van der Waals surface area contributed by atoms with Gasteiger partial charge in [0, 0.05) is 24.9 Å². The van der Waals surface area contributed by atoms with Gasteiger partial charge in [-0.05, 0) is 82.4 Å². The van der Waals surface area contributed by atoms with Crippen LogP contribution in [0, 0.1) is 0 Å². The van der Waals surface area contributed by atoms with E-state index in [9.17, 15) is 19.5 Å². The fourth-order valence-electron chi connectivity index (χ4n) is 8.22. The van der Waals surface area contributed by atoms with E-state index >= 15 is 0 Å². The largest absolute Gasteiger partial charge is 0.480 e. The predicted octanol–water partition coefficient (Wildman–Crippen LogP) is 6.38. The number of aromatic nitrogens is 2. The second-order valence-electron chi connectivity index (χ2n) is 14.1. The Morgan fingerprint density at radius 3 is 1.55 bits per heavy atom. The minimum absolute atomic E-state index is 0.0118. The third-order valence-corrected chi connectivity index (χ3v) is 11.8. The van der Waals surface area contributed by atoms with Gasteiger partial charge in [-0.1, -0.05) is 108 Å². The van der Waals surface area contributed by atoms with Crippen molar-refractivity contribution in [1.82, 2.24) is 25.4 Å². The quantitative estimate of drug-likeness (QED) is 0.0716. The molecule has 3 heterocycles. The molecule has 9 rings (SSSR count). The van der Waals surface area contributed by atoms with E-state index in [2.05, 4.69) is 76.8 Å². The van der Waals surface area contributed by atoms with Gasteiger partial charge in [0.2, 0.25) is 5.13 Å². The number of benzene rings is 4. The van der Waals surface area contributed by atoms with Crippen molar-refractivity contribution in [1.29, 1.82) is 0 Å². The molecule has 5 aromatic rings. The number of rotatable bonds is 6. The Bertz CT molecular complexity index is 2210. The van der Waals surface area contributed by atoms with Crippen molar-refractivity contribution >= 4 is 52.0 Å². The van der Waals surface area contributed by atoms with Crippen LogP contribution >= 0.6 is 23.6 Å². The smallest absolute Gasteiger partial charge is 0.410 e. The summed E-state index contributed by atoms with van der Waals surface area (Å²) in [4.78, 5) is 39.6. The van der Waals surface area contributed by atoms with E-state index in [-0.39, 0.29) is 35.7 Å². The second-order valence-corrected chi connectivity index (χ2v) is 15.6. The number of nitrogen functional groups attached to an aromatic ring is 1. The number of amides is 2. The third kappa shape index (κ3) is 8.44. The molecule has 2 amide bonds. The minimum atomic E-state index is -0.967. The van der Waals surface area contributed by atoms with Gasteiger partial charge in [0.15, 0.2) is 5.11 Å². The van der Waals surface area contributed by atoms with E-state index < -0.39 is 18.1 Å². The van der Waals surface area contributed by atoms with Crippen LogP contribution in [0.25, 0.3) is 22.3 Å². The highest BCUT2D eigenvalue weighted by atomic mass is 32.1. The molecule has 0 spiro atoms. The Morgan fingerprint density at radius 2 is 1.14 bits per heavy atom. The summed E-state index contributed by atoms with van der Waals surface area (Å²) in [5.41, 5.74) is 22.0. The minimum Gasteiger partial charge on any atom is -0.480 e. The Kier molecular flexibility index (Phi) is 12.5. The topological polar surface area (TPSA) is 212 Å². The van der Waals surface area contributed by atoms with E-state index in [0.717, 1.165) is 29.0 Å². The lowest BCUT2D eigenvalue weighted by Crippen LogP contribution is -2.41. The van der Waals surface area contributed by atoms with E-state index in [1.807, 2.05) is 54.0 Å². The number of hydrogen-bond donors (Lipinski definition) is 5. The van der Waals surface area contributed by atoms with Crippen molar-refractivity contribution in [3.63, 3.8) is 0 Å². The van der Waals surface area contributed by atoms with E-state index in [1.165, 1.54) is 49.6 Å². The Hall–Kier alpha value is -6.10. The van der Waals surface area contributed by atoms with Gasteiger partial charge in [-0.2, -0.15) is 0 Å². The van der Waals surface area contributed by atoms with Crippen LogP contribution in [0.5, 0.6) is 0 Å². The van der Waals surface area contributed by atoms with Crippen LogP contribution in [0.3, 0.4) is 0 Å². The van der Waals surface area contributed by atoms with Gasteiger partial charge in [-0.15, -0.1) is 10.2 Å². The van der Waals surface area contributed by atoms with Gasteiger partial charge in [0.1, 0.15) is 24.3 Å². The average Bonchev–Trinajstić information content (AvgIpc) is 4.09. The number of aliphatic carboxylic acids is 1. The number of thiocarbonyl (C=S) groups is 1. The molecule has 2 aliphatic carbocycles. The number of nitrogens with two attached hydrogens (primary N) is 3. The van der Waals surface area contributed by atoms with Crippen LogP contribution in [0.15, 0.2) is 97.1 Å². The van der Waals surface area contributed by atoms with Crippen LogP contribution in [0.1, 0.15) is 70.8 Å². The summed E-state index contributed by atoms with van der Waals surface area (Å²) < 4.78 is 11.3. The van der Waals surface area contributed by atoms with Crippen molar-refractivity contribution in [3.05, 3.63) is 124 Å². The van der Waals surface area contributed by atoms with Crippen LogP contribution in [0.2, 0.25) is 0 Å². The van der Waals surface area contributed by atoms with Crippen molar-refractivity contribution in [2.75, 3.05) is 32.0 Å². The first-order chi connectivity index (χ1) is 28.2. The standard InChI is InChI=1S/C21H20N4O2S.C20H19NO4.CH5N3S/c22-20-24-23-19(28-20)18-10-5-11-25(18)21(26)27-12-17-15-8-3-1-6-13(15)14-7-2-4-9-16(14)17;22-19(23)18-10-5-11-21(18)20(24)25-12-17-15-8-3-1-6-13(15)14-7-2-4-9-16(14)17;2-1(5)4-3/h1-4,6-9,17-18H,5,10-12H2,(H2,22,24);1-4,6-9,17-18H,5,10-12H2,(H,22,23);3H2,(H3,2,4,5). The molecule has 300 valence electrons. The number of carboxylic acids is 1. The number of carboxylic acid groups (broad SMARTS) is 1. The molecular formula is C42H44N8O6S2. The Balaban J connectivity index is 0.000000159. The number of fused-ring (bicyclic) bond motifs is 6. The number of carbonyl (C=O) groups excluding carboxylic acids is 2. The van der Waals surface area contributed by atoms with Gasteiger partial charge in [-0.3, -0.25) is 9.80 Å². The summed E-state index contributed by atoms with van der Waals surface area (Å²) in [5, 5.41) is 18.5. The fourth-order valence-corrected chi connectivity index (χ4v) is 8.98. The van der Waals surface area contributed by atoms with Crippen LogP contribution < -0.4 is 22.7 Å². The molecule has 2 fully saturated rings. The van der Waals surface area contributed by atoms with E-state index in [1.54, 1.807) is 4.90 Å². The fraction of sp³-hybridized carbons (Fsp3) is 0.286. The molecule has 4 aromatic carbocycles. The Morgan fingerprint density at radius 1 is 0.724 bits per heavy atom. The number of nitrogens with one attached hydrogen (secondary N) is 1. The molecule has 2 aliphatic heterocycles. The van der Waals surface area contributed by atoms with Gasteiger partial charge in [0.25, 0.3) is 0 Å². The lowest BCUT2D eigenvalue weighted by Gasteiger charge is -2.23. The molecule has 0 saturated carbocycles. The van der Waals surface area contributed by atoms with Crippen molar-refractivity contribution < 1.29 is 29.0 Å². The normalized spacial score (nSPS) is 17.4. The van der Waals surface area contributed by atoms with Crippen molar-refractivity contribution in [2.24, 2.45) is 11.6 Å². The van der Waals surface area contributed by atoms with Gasteiger partial charge >= 0.3 is 18.2 Å². The molecule has 4 aliphatic rings. The number of hydrazine groups is 1. The monoisotopic (exact) mass is 820 g/mol. The number of likely N-dealkylation sites (tertiary alicyclic amines) is 2. The zero-order valence-electron chi connectivity index (χ0n) is 31.5. The highest BCUT2D eigenvalue weighted by Crippen LogP contribution is 2.46. The maximum atomic E-state index is 12.8. The molecule has 0 bridgehead atoms. The highest BCUT2D eigenvalue weighted by molar-refractivity contribution is 7.80. The molecule has 1 aromatic heterocycles. The first-order valence-electron chi connectivity index (χ1n) is 19.0. The third-order valence-electron chi connectivity index (χ3n) is 10.8. The zero-order chi connectivity index (χ0) is 40.8. The number of carbonyl (C=O) groups is 3. The van der Waals surface area contributed by atoms with Crippen molar-refractivity contribution in [3.8, 4) is 22.3 Å². The summed E-state index contributed by atoms with van der Waals surface area (Å²) in [5.74, 6) is 3.74. The molecule has 14 nitrogen and oxygen atoms in total. The van der Waals surface area contributed by atoms with Gasteiger partial charge < -0.3 is 31.5 Å². The highest BCUT2D eigenvalue weighted by Gasteiger charge is 2.37. The summed E-state index contributed by atoms with van der Waals surface area (Å²) in [7, 11) is 0. The summed E-state index contributed by atoms with van der Waals surface area (Å²) in [6, 6.07) is 32.1. The van der Waals surface area contributed by atoms with Crippen LogP contribution in [-0.4, -0.2) is 80.7 Å². The number of hydrogen-bond acceptors (Lipinski definition) is 11. The molecular weight excluding hydrogens is 777 g/mol. The lowest BCUT2D eigenvalue weighted by atomic mass is 9.98. The van der Waals surface area contributed by atoms with E-state index in [0.29, 0.717) is 37.7 Å². The first-order valence-corrected chi connectivity index (χ1v) is 20.2. The Labute approximate surface area is 344 Å². The molecule has 8 N–H and O–H groups in total. The molecule has 2 saturated heterocycles. The predicted molar refractivity (Wildman–Crippen MR) is 225 cm³/mol. The maximum Gasteiger partial charge on any atom is 0.410 e. The molecule has 2 atom stereocenters. The maximum absolute atomic E-state index is 12.8. The van der Waals surface area contributed by atoms with Crippen molar-refractivity contribution in [2.45, 2.75) is 49.6 Å². The average molecular weight is 821 g/mol. The lowest BCUT2D eigenvalue weighted by molar-refractivity contribution is -0.141. The molecule has 16 heteroatoms. The van der Waals surface area contributed by atoms with Gasteiger partial charge in [0.05, 0.1) is 6.04 Å². The van der Waals surface area contributed by atoms with Crippen LogP contribution in [0.4, 0.5) is 14.7 Å². The van der Waals surface area contributed by atoms with E-state index in [4.69, 9.17) is 20.9 Å². The zero-order valence-corrected chi connectivity index (χ0v) is 33.2. The molecule has 0 radical (unpaired) electrons. The van der Waals surface area contributed by atoms with Crippen LogP contribution in [-0.2, 0) is 14.3 Å². The SMILES string of the molecule is NNC(N)=S.Nc1nnc(C2CCCN2C(=O)OCC2c3ccccc3-c3ccccc32)s1.O=C(O)C1CCCN1C(=O)OCC1c2ccccc2-c2ccccc21. The summed E-state index contributed by atoms with van der Waals surface area (Å²) >= 11 is 5.58.